The highest BCUT2D eigenvalue weighted by molar-refractivity contribution is 5.90. The van der Waals surface area contributed by atoms with E-state index in [9.17, 15) is 9.59 Å². The number of nitrogens with zero attached hydrogens (tertiary/aromatic N) is 1. The number of rotatable bonds is 3. The molecule has 0 spiro atoms. The van der Waals surface area contributed by atoms with Gasteiger partial charge in [0, 0.05) is 6.20 Å². The summed E-state index contributed by atoms with van der Waals surface area (Å²) in [6, 6.07) is 0.794. The van der Waals surface area contributed by atoms with Crippen LogP contribution in [0.15, 0.2) is 12.3 Å². The molecule has 0 aliphatic heterocycles. The highest BCUT2D eigenvalue weighted by Gasteiger charge is 2.19. The van der Waals surface area contributed by atoms with E-state index in [2.05, 4.69) is 4.74 Å². The van der Waals surface area contributed by atoms with Gasteiger partial charge in [-0.25, -0.2) is 4.79 Å². The van der Waals surface area contributed by atoms with Crippen molar-refractivity contribution in [3.8, 4) is 0 Å². The fourth-order valence-corrected chi connectivity index (χ4v) is 1.23. The summed E-state index contributed by atoms with van der Waals surface area (Å²) in [6.45, 7) is 1.58. The molecule has 1 heterocycles. The first-order chi connectivity index (χ1) is 6.97. The second-order valence-corrected chi connectivity index (χ2v) is 3.14. The molecule has 1 rings (SSSR count). The van der Waals surface area contributed by atoms with E-state index in [0.29, 0.717) is 5.69 Å². The number of anilines is 1. The lowest BCUT2D eigenvalue weighted by Gasteiger charge is -2.12. The first kappa shape index (κ1) is 11.1. The number of hydrogen-bond donors (Lipinski definition) is 2. The van der Waals surface area contributed by atoms with Crippen molar-refractivity contribution in [1.29, 1.82) is 0 Å². The molecule has 4 N–H and O–H groups in total. The van der Waals surface area contributed by atoms with E-state index in [4.69, 9.17) is 11.5 Å². The van der Waals surface area contributed by atoms with Gasteiger partial charge in [-0.15, -0.1) is 0 Å². The van der Waals surface area contributed by atoms with Crippen LogP contribution in [0.3, 0.4) is 0 Å². The Morgan fingerprint density at radius 2 is 2.13 bits per heavy atom. The number of esters is 1. The Balaban J connectivity index is 3.17. The van der Waals surface area contributed by atoms with Gasteiger partial charge in [0.2, 0.25) is 5.91 Å². The van der Waals surface area contributed by atoms with E-state index in [1.807, 2.05) is 0 Å². The lowest BCUT2D eigenvalue weighted by atomic mass is 10.3. The molecule has 0 bridgehead atoms. The van der Waals surface area contributed by atoms with Crippen molar-refractivity contribution in [2.75, 3.05) is 12.8 Å². The van der Waals surface area contributed by atoms with Crippen LogP contribution in [0, 0.1) is 0 Å². The average molecular weight is 211 g/mol. The number of nitrogen functional groups attached to an aromatic ring is 1. The number of hydrogen-bond acceptors (Lipinski definition) is 4. The molecule has 0 aliphatic carbocycles. The second kappa shape index (κ2) is 4.04. The van der Waals surface area contributed by atoms with Gasteiger partial charge in [-0.3, -0.25) is 4.79 Å². The molecule has 1 aromatic heterocycles. The number of nitrogens with two attached hydrogens (primary N) is 2. The van der Waals surface area contributed by atoms with Crippen LogP contribution in [0.25, 0.3) is 0 Å². The van der Waals surface area contributed by atoms with Gasteiger partial charge in [-0.1, -0.05) is 0 Å². The zero-order chi connectivity index (χ0) is 11.6. The second-order valence-electron chi connectivity index (χ2n) is 3.14. The number of amides is 1. The number of primary amides is 1. The molecule has 1 amide bonds. The van der Waals surface area contributed by atoms with Crippen molar-refractivity contribution in [1.82, 2.24) is 4.57 Å². The molecular formula is C9H13N3O3. The van der Waals surface area contributed by atoms with Gasteiger partial charge in [0.25, 0.3) is 0 Å². The summed E-state index contributed by atoms with van der Waals surface area (Å²) in [7, 11) is 1.25. The Morgan fingerprint density at radius 3 is 2.60 bits per heavy atom. The van der Waals surface area contributed by atoms with Crippen molar-refractivity contribution in [3.05, 3.63) is 18.0 Å². The summed E-state index contributed by atoms with van der Waals surface area (Å²) in [5, 5.41) is 0. The van der Waals surface area contributed by atoms with Gasteiger partial charge in [-0.05, 0) is 13.0 Å². The summed E-state index contributed by atoms with van der Waals surface area (Å²) in [4.78, 5) is 22.3. The molecule has 6 nitrogen and oxygen atoms in total. The maximum Gasteiger partial charge on any atom is 0.354 e. The summed E-state index contributed by atoms with van der Waals surface area (Å²) >= 11 is 0. The van der Waals surface area contributed by atoms with Crippen molar-refractivity contribution in [3.63, 3.8) is 0 Å². The lowest BCUT2D eigenvalue weighted by Crippen LogP contribution is -2.26. The smallest absolute Gasteiger partial charge is 0.354 e. The third-order valence-electron chi connectivity index (χ3n) is 2.09. The van der Waals surface area contributed by atoms with Crippen molar-refractivity contribution in [2.45, 2.75) is 13.0 Å². The van der Waals surface area contributed by atoms with Gasteiger partial charge in [0.05, 0.1) is 12.8 Å². The van der Waals surface area contributed by atoms with Crippen LogP contribution in [0.2, 0.25) is 0 Å². The normalized spacial score (nSPS) is 12.1. The largest absolute Gasteiger partial charge is 0.464 e. The zero-order valence-electron chi connectivity index (χ0n) is 8.56. The molecule has 0 radical (unpaired) electrons. The number of ether oxygens (including phenoxy) is 1. The predicted octanol–water partition coefficient (Wildman–Crippen LogP) is -0.0968. The monoisotopic (exact) mass is 211 g/mol. The molecule has 0 saturated heterocycles. The molecule has 0 saturated carbocycles. The standard InChI is InChI=1S/C9H13N3O3/c1-5(8(11)13)12-4-6(10)3-7(12)9(14)15-2/h3-5H,10H2,1-2H3,(H2,11,13). The van der Waals surface area contributed by atoms with Crippen LogP contribution in [0.5, 0.6) is 0 Å². The van der Waals surface area contributed by atoms with Crippen LogP contribution in [0.1, 0.15) is 23.5 Å². The first-order valence-electron chi connectivity index (χ1n) is 4.32. The van der Waals surface area contributed by atoms with Crippen LogP contribution in [-0.4, -0.2) is 23.6 Å². The highest BCUT2D eigenvalue weighted by Crippen LogP contribution is 2.17. The van der Waals surface area contributed by atoms with Crippen molar-refractivity contribution < 1.29 is 14.3 Å². The first-order valence-corrected chi connectivity index (χ1v) is 4.32. The Labute approximate surface area is 86.8 Å². The van der Waals surface area contributed by atoms with Crippen molar-refractivity contribution >= 4 is 17.6 Å². The molecular weight excluding hydrogens is 198 g/mol. The molecule has 15 heavy (non-hydrogen) atoms. The van der Waals surface area contributed by atoms with E-state index >= 15 is 0 Å². The van der Waals surface area contributed by atoms with E-state index in [0.717, 1.165) is 0 Å². The Bertz CT molecular complexity index is 397. The van der Waals surface area contributed by atoms with Gasteiger partial charge in [0.15, 0.2) is 0 Å². The molecule has 6 heteroatoms. The molecule has 0 aromatic carbocycles. The third-order valence-corrected chi connectivity index (χ3v) is 2.09. The fourth-order valence-electron chi connectivity index (χ4n) is 1.23. The topological polar surface area (TPSA) is 100 Å². The van der Waals surface area contributed by atoms with Crippen LogP contribution in [0.4, 0.5) is 5.69 Å². The minimum Gasteiger partial charge on any atom is -0.464 e. The van der Waals surface area contributed by atoms with Crippen LogP contribution >= 0.6 is 0 Å². The third kappa shape index (κ3) is 2.09. The number of carbonyl (C=O) groups is 2. The van der Waals surface area contributed by atoms with Gasteiger partial charge < -0.3 is 20.8 Å². The molecule has 1 atom stereocenters. The average Bonchev–Trinajstić information content (AvgIpc) is 2.57. The number of carbonyl (C=O) groups excluding carboxylic acids is 2. The highest BCUT2D eigenvalue weighted by atomic mass is 16.5. The summed E-state index contributed by atoms with van der Waals surface area (Å²) < 4.78 is 5.95. The van der Waals surface area contributed by atoms with Gasteiger partial charge >= 0.3 is 5.97 Å². The number of methoxy groups -OCH3 is 1. The minimum absolute atomic E-state index is 0.210. The summed E-state index contributed by atoms with van der Waals surface area (Å²) in [5.41, 5.74) is 11.3. The van der Waals surface area contributed by atoms with E-state index in [1.165, 1.54) is 23.9 Å². The molecule has 0 aliphatic rings. The minimum atomic E-state index is -0.642. The quantitative estimate of drug-likeness (QED) is 0.682. The Hall–Kier alpha value is -1.98. The predicted molar refractivity (Wildman–Crippen MR) is 54.1 cm³/mol. The summed E-state index contributed by atoms with van der Waals surface area (Å²) in [5.74, 6) is -1.10. The Morgan fingerprint density at radius 1 is 1.53 bits per heavy atom. The van der Waals surface area contributed by atoms with Crippen molar-refractivity contribution in [2.24, 2.45) is 5.73 Å². The SMILES string of the molecule is COC(=O)c1cc(N)cn1C(C)C(N)=O. The number of aromatic nitrogens is 1. The molecule has 82 valence electrons. The summed E-state index contributed by atoms with van der Waals surface area (Å²) in [6.07, 6.45) is 1.47. The maximum atomic E-state index is 11.3. The Kier molecular flexibility index (Phi) is 2.99. The fraction of sp³-hybridized carbons (Fsp3) is 0.333. The van der Waals surface area contributed by atoms with E-state index < -0.39 is 17.9 Å². The van der Waals surface area contributed by atoms with Gasteiger partial charge in [-0.2, -0.15) is 0 Å². The molecule has 0 fully saturated rings. The van der Waals surface area contributed by atoms with E-state index in [1.54, 1.807) is 6.92 Å². The molecule has 1 unspecified atom stereocenters. The van der Waals surface area contributed by atoms with Gasteiger partial charge in [0.1, 0.15) is 11.7 Å². The lowest BCUT2D eigenvalue weighted by molar-refractivity contribution is -0.120. The van der Waals surface area contributed by atoms with E-state index in [-0.39, 0.29) is 5.69 Å². The maximum absolute atomic E-state index is 11.3. The molecule has 1 aromatic rings. The zero-order valence-corrected chi connectivity index (χ0v) is 8.56. The van der Waals surface area contributed by atoms with Crippen LogP contribution in [-0.2, 0) is 9.53 Å². The van der Waals surface area contributed by atoms with Crippen LogP contribution < -0.4 is 11.5 Å².